The lowest BCUT2D eigenvalue weighted by atomic mass is 10.1. The number of amides is 1. The fourth-order valence-corrected chi connectivity index (χ4v) is 2.58. The van der Waals surface area contributed by atoms with Crippen molar-refractivity contribution in [3.05, 3.63) is 36.2 Å². The number of ether oxygens (including phenoxy) is 1. The molecule has 1 aromatic carbocycles. The van der Waals surface area contributed by atoms with E-state index in [1.165, 1.54) is 30.6 Å². The zero-order chi connectivity index (χ0) is 17.2. The first-order chi connectivity index (χ1) is 11.4. The number of aryl methyl sites for hydroxylation is 2. The van der Waals surface area contributed by atoms with Crippen LogP contribution in [-0.4, -0.2) is 33.6 Å². The first-order valence-corrected chi connectivity index (χ1v) is 7.45. The van der Waals surface area contributed by atoms with Crippen LogP contribution in [0.15, 0.2) is 30.6 Å². The number of hydrogen-bond acceptors (Lipinski definition) is 4. The molecule has 0 N–H and O–H groups in total. The average Bonchev–Trinajstić information content (AvgIpc) is 3.01. The largest absolute Gasteiger partial charge is 0.573 e. The van der Waals surface area contributed by atoms with Gasteiger partial charge in [0.05, 0.1) is 0 Å². The molecule has 0 aliphatic carbocycles. The van der Waals surface area contributed by atoms with E-state index in [0.29, 0.717) is 18.9 Å². The Balaban J connectivity index is 1.57. The van der Waals surface area contributed by atoms with Crippen molar-refractivity contribution in [1.29, 1.82) is 0 Å². The highest BCUT2D eigenvalue weighted by atomic mass is 19.4. The molecule has 3 rings (SSSR count). The zero-order valence-electron chi connectivity index (χ0n) is 12.7. The maximum Gasteiger partial charge on any atom is 0.573 e. The standard InChI is InChI=1S/C15H15F3N4O2/c16-15(17,18)24-12-5-2-11(3-6-12)4-7-13(23)21-8-1-9-22-14(21)19-10-20-22/h2-3,5-6,10H,1,4,7-9H2. The summed E-state index contributed by atoms with van der Waals surface area (Å²) in [5, 5.41) is 4.05. The molecular weight excluding hydrogens is 325 g/mol. The minimum atomic E-state index is -4.71. The molecule has 6 nitrogen and oxygen atoms in total. The Hall–Kier alpha value is -2.58. The summed E-state index contributed by atoms with van der Waals surface area (Å²) < 4.78 is 41.8. The minimum Gasteiger partial charge on any atom is -0.406 e. The van der Waals surface area contributed by atoms with E-state index in [2.05, 4.69) is 14.8 Å². The third-order valence-electron chi connectivity index (χ3n) is 3.67. The van der Waals surface area contributed by atoms with Crippen LogP contribution < -0.4 is 9.64 Å². The topological polar surface area (TPSA) is 60.2 Å². The number of rotatable bonds is 4. The maximum absolute atomic E-state index is 12.4. The summed E-state index contributed by atoms with van der Waals surface area (Å²) in [5.41, 5.74) is 0.761. The fraction of sp³-hybridized carbons (Fsp3) is 0.400. The molecule has 0 unspecified atom stereocenters. The molecule has 24 heavy (non-hydrogen) atoms. The Morgan fingerprint density at radius 3 is 2.67 bits per heavy atom. The Morgan fingerprint density at radius 2 is 1.96 bits per heavy atom. The molecule has 0 atom stereocenters. The van der Waals surface area contributed by atoms with E-state index >= 15 is 0 Å². The zero-order valence-corrected chi connectivity index (χ0v) is 12.7. The summed E-state index contributed by atoms with van der Waals surface area (Å²) in [4.78, 5) is 18.0. The molecule has 1 aromatic heterocycles. The predicted octanol–water partition coefficient (Wildman–Crippen LogP) is 2.55. The number of hydrogen-bond donors (Lipinski definition) is 0. The molecule has 2 aromatic rings. The van der Waals surface area contributed by atoms with Gasteiger partial charge in [0.1, 0.15) is 12.1 Å². The van der Waals surface area contributed by atoms with Crippen molar-refractivity contribution >= 4 is 11.9 Å². The van der Waals surface area contributed by atoms with Gasteiger partial charge in [-0.2, -0.15) is 10.1 Å². The molecular formula is C15H15F3N4O2. The third-order valence-corrected chi connectivity index (χ3v) is 3.67. The van der Waals surface area contributed by atoms with Crippen LogP contribution in [0.5, 0.6) is 5.75 Å². The quantitative estimate of drug-likeness (QED) is 0.858. The molecule has 0 fully saturated rings. The molecule has 0 radical (unpaired) electrons. The van der Waals surface area contributed by atoms with Crippen LogP contribution in [0.4, 0.5) is 19.1 Å². The van der Waals surface area contributed by atoms with Crippen LogP contribution in [-0.2, 0) is 17.8 Å². The summed E-state index contributed by atoms with van der Waals surface area (Å²) in [6.45, 7) is 1.33. The van der Waals surface area contributed by atoms with Crippen molar-refractivity contribution in [3.8, 4) is 5.75 Å². The number of anilines is 1. The van der Waals surface area contributed by atoms with Gasteiger partial charge in [-0.15, -0.1) is 13.2 Å². The van der Waals surface area contributed by atoms with E-state index < -0.39 is 6.36 Å². The summed E-state index contributed by atoms with van der Waals surface area (Å²) in [5.74, 6) is 0.182. The van der Waals surface area contributed by atoms with Crippen LogP contribution in [0.25, 0.3) is 0 Å². The lowest BCUT2D eigenvalue weighted by Gasteiger charge is -2.26. The Bertz CT molecular complexity index is 712. The highest BCUT2D eigenvalue weighted by Crippen LogP contribution is 2.23. The molecule has 0 saturated heterocycles. The van der Waals surface area contributed by atoms with Crippen LogP contribution in [0.3, 0.4) is 0 Å². The van der Waals surface area contributed by atoms with Crippen molar-refractivity contribution < 1.29 is 22.7 Å². The van der Waals surface area contributed by atoms with Gasteiger partial charge in [0.2, 0.25) is 11.9 Å². The van der Waals surface area contributed by atoms with Gasteiger partial charge < -0.3 is 4.74 Å². The van der Waals surface area contributed by atoms with Crippen LogP contribution >= 0.6 is 0 Å². The van der Waals surface area contributed by atoms with Gasteiger partial charge in [-0.3, -0.25) is 9.69 Å². The van der Waals surface area contributed by atoms with Crippen molar-refractivity contribution in [2.45, 2.75) is 32.2 Å². The number of aromatic nitrogens is 3. The second-order valence-electron chi connectivity index (χ2n) is 5.37. The van der Waals surface area contributed by atoms with E-state index in [1.54, 1.807) is 9.58 Å². The number of halogens is 3. The molecule has 0 saturated carbocycles. The van der Waals surface area contributed by atoms with Crippen molar-refractivity contribution in [3.63, 3.8) is 0 Å². The van der Waals surface area contributed by atoms with Crippen molar-refractivity contribution in [1.82, 2.24) is 14.8 Å². The summed E-state index contributed by atoms with van der Waals surface area (Å²) >= 11 is 0. The maximum atomic E-state index is 12.4. The van der Waals surface area contributed by atoms with Gasteiger partial charge in [-0.1, -0.05) is 12.1 Å². The smallest absolute Gasteiger partial charge is 0.406 e. The molecule has 1 aliphatic heterocycles. The first-order valence-electron chi connectivity index (χ1n) is 7.45. The number of carbonyl (C=O) groups is 1. The van der Waals surface area contributed by atoms with Gasteiger partial charge in [-0.25, -0.2) is 4.68 Å². The number of carbonyl (C=O) groups excluding carboxylic acids is 1. The summed E-state index contributed by atoms with van der Waals surface area (Å²) in [7, 11) is 0. The second-order valence-corrected chi connectivity index (χ2v) is 5.37. The monoisotopic (exact) mass is 340 g/mol. The van der Waals surface area contributed by atoms with E-state index in [4.69, 9.17) is 0 Å². The third kappa shape index (κ3) is 3.84. The van der Waals surface area contributed by atoms with Gasteiger partial charge >= 0.3 is 6.36 Å². The highest BCUT2D eigenvalue weighted by Gasteiger charge is 2.31. The van der Waals surface area contributed by atoms with Crippen molar-refractivity contribution in [2.75, 3.05) is 11.4 Å². The number of benzene rings is 1. The van der Waals surface area contributed by atoms with E-state index in [9.17, 15) is 18.0 Å². The lowest BCUT2D eigenvalue weighted by Crippen LogP contribution is -2.38. The molecule has 1 aliphatic rings. The predicted molar refractivity (Wildman–Crippen MR) is 78.4 cm³/mol. The normalized spacial score (nSPS) is 14.4. The van der Waals surface area contributed by atoms with E-state index in [1.807, 2.05) is 0 Å². The first kappa shape index (κ1) is 16.3. The van der Waals surface area contributed by atoms with Crippen LogP contribution in [0.1, 0.15) is 18.4 Å². The van der Waals surface area contributed by atoms with E-state index in [-0.39, 0.29) is 18.1 Å². The Morgan fingerprint density at radius 1 is 1.21 bits per heavy atom. The molecule has 2 heterocycles. The summed E-state index contributed by atoms with van der Waals surface area (Å²) in [6, 6.07) is 5.52. The average molecular weight is 340 g/mol. The van der Waals surface area contributed by atoms with Gasteiger partial charge in [0.25, 0.3) is 0 Å². The molecule has 128 valence electrons. The SMILES string of the molecule is O=C(CCc1ccc(OC(F)(F)F)cc1)N1CCCn2ncnc21. The van der Waals surface area contributed by atoms with Crippen LogP contribution in [0.2, 0.25) is 0 Å². The lowest BCUT2D eigenvalue weighted by molar-refractivity contribution is -0.274. The molecule has 9 heteroatoms. The number of fused-ring (bicyclic) bond motifs is 1. The molecule has 0 spiro atoms. The van der Waals surface area contributed by atoms with Gasteiger partial charge in [-0.05, 0) is 30.5 Å². The number of nitrogens with zero attached hydrogens (tertiary/aromatic N) is 4. The fourth-order valence-electron chi connectivity index (χ4n) is 2.58. The Labute approximate surface area is 135 Å². The van der Waals surface area contributed by atoms with Crippen LogP contribution in [0, 0.1) is 0 Å². The molecule has 1 amide bonds. The van der Waals surface area contributed by atoms with Crippen molar-refractivity contribution in [2.24, 2.45) is 0 Å². The minimum absolute atomic E-state index is 0.0837. The van der Waals surface area contributed by atoms with Gasteiger partial charge in [0, 0.05) is 19.5 Å². The van der Waals surface area contributed by atoms with E-state index in [0.717, 1.165) is 18.5 Å². The Kier molecular flexibility index (Phi) is 4.41. The second kappa shape index (κ2) is 6.50. The number of alkyl halides is 3. The molecule has 0 bridgehead atoms. The van der Waals surface area contributed by atoms with Gasteiger partial charge in [0.15, 0.2) is 0 Å². The summed E-state index contributed by atoms with van der Waals surface area (Å²) in [6.07, 6.45) is -1.81. The highest BCUT2D eigenvalue weighted by molar-refractivity contribution is 5.91.